The average molecular weight is 402 g/mol. The zero-order valence-electron chi connectivity index (χ0n) is 18.9. The summed E-state index contributed by atoms with van der Waals surface area (Å²) in [5.41, 5.74) is 1.11. The molecule has 0 N–H and O–H groups in total. The third-order valence-electron chi connectivity index (χ3n) is 5.98. The lowest BCUT2D eigenvalue weighted by molar-refractivity contribution is 0.00578. The van der Waals surface area contributed by atoms with Crippen molar-refractivity contribution in [1.82, 2.24) is 9.80 Å². The topological polar surface area (TPSA) is 51.2 Å². The second kappa shape index (κ2) is 7.93. The Morgan fingerprint density at radius 2 is 1.59 bits per heavy atom. The molecule has 0 aromatic heterocycles. The van der Waals surface area contributed by atoms with E-state index in [1.807, 2.05) is 26.8 Å². The van der Waals surface area contributed by atoms with Crippen molar-refractivity contribution in [3.8, 4) is 0 Å². The van der Waals surface area contributed by atoms with Crippen molar-refractivity contribution in [3.63, 3.8) is 0 Å². The van der Waals surface area contributed by atoms with Crippen LogP contribution >= 0.6 is 0 Å². The van der Waals surface area contributed by atoms with E-state index in [2.05, 4.69) is 50.8 Å². The van der Waals surface area contributed by atoms with Crippen LogP contribution in [0.2, 0.25) is 0 Å². The first-order chi connectivity index (χ1) is 13.4. The van der Waals surface area contributed by atoms with Gasteiger partial charge in [-0.2, -0.15) is 0 Å². The van der Waals surface area contributed by atoms with Crippen LogP contribution in [0.1, 0.15) is 54.0 Å². The molecule has 1 amide bonds. The maximum atomic E-state index is 12.3. The fourth-order valence-corrected chi connectivity index (χ4v) is 3.53. The number of hydrogen-bond donors (Lipinski definition) is 0. The van der Waals surface area contributed by atoms with Gasteiger partial charge in [-0.15, -0.1) is 0 Å². The van der Waals surface area contributed by atoms with E-state index in [0.29, 0.717) is 13.1 Å². The van der Waals surface area contributed by atoms with Crippen LogP contribution in [-0.2, 0) is 20.6 Å². The molecule has 0 radical (unpaired) electrons. The van der Waals surface area contributed by atoms with Crippen molar-refractivity contribution < 1.29 is 18.8 Å². The number of carbonyl (C=O) groups excluding carboxylic acids is 1. The number of nitrogens with zero attached hydrogens (tertiary/aromatic N) is 2. The molecule has 0 bridgehead atoms. The van der Waals surface area contributed by atoms with Crippen LogP contribution in [0.25, 0.3) is 0 Å². The molecule has 1 aromatic rings. The predicted octanol–water partition coefficient (Wildman–Crippen LogP) is 3.04. The van der Waals surface area contributed by atoms with Crippen LogP contribution < -0.4 is 5.46 Å². The fourth-order valence-electron chi connectivity index (χ4n) is 3.53. The highest BCUT2D eigenvalue weighted by Crippen LogP contribution is 2.36. The lowest BCUT2D eigenvalue weighted by atomic mass is 9.76. The summed E-state index contributed by atoms with van der Waals surface area (Å²) in [6.45, 7) is 17.8. The number of hydrogen-bond acceptors (Lipinski definition) is 5. The van der Waals surface area contributed by atoms with Gasteiger partial charge < -0.3 is 18.9 Å². The van der Waals surface area contributed by atoms with E-state index in [-0.39, 0.29) is 24.4 Å². The molecule has 3 rings (SSSR count). The predicted molar refractivity (Wildman–Crippen MR) is 115 cm³/mol. The van der Waals surface area contributed by atoms with Crippen LogP contribution in [0.3, 0.4) is 0 Å². The van der Waals surface area contributed by atoms with E-state index >= 15 is 0 Å². The molecule has 6 nitrogen and oxygen atoms in total. The Bertz CT molecular complexity index is 721. The largest absolute Gasteiger partial charge is 0.495 e. The fraction of sp³-hybridized carbons (Fsp3) is 0.682. The minimum Gasteiger partial charge on any atom is -0.444 e. The third-order valence-corrected chi connectivity index (χ3v) is 5.98. The zero-order valence-corrected chi connectivity index (χ0v) is 18.9. The summed E-state index contributed by atoms with van der Waals surface area (Å²) in [5.74, 6) is 0. The highest BCUT2D eigenvalue weighted by atomic mass is 16.7. The third kappa shape index (κ3) is 5.14. The lowest BCUT2D eigenvalue weighted by Gasteiger charge is -2.35. The normalized spacial score (nSPS) is 22.0. The van der Waals surface area contributed by atoms with Crippen molar-refractivity contribution in [2.45, 2.75) is 71.8 Å². The van der Waals surface area contributed by atoms with Crippen molar-refractivity contribution in [2.24, 2.45) is 0 Å². The molecule has 2 fully saturated rings. The smallest absolute Gasteiger partial charge is 0.444 e. The van der Waals surface area contributed by atoms with Gasteiger partial charge in [0.25, 0.3) is 0 Å². The monoisotopic (exact) mass is 402 g/mol. The van der Waals surface area contributed by atoms with Gasteiger partial charge in [0.1, 0.15) is 5.60 Å². The van der Waals surface area contributed by atoms with Gasteiger partial charge in [-0.3, -0.25) is 4.90 Å². The van der Waals surface area contributed by atoms with Crippen LogP contribution in [-0.4, -0.2) is 66.0 Å². The second-order valence-corrected chi connectivity index (χ2v) is 10.0. The second-order valence-electron chi connectivity index (χ2n) is 10.0. The minimum absolute atomic E-state index is 0.227. The van der Waals surface area contributed by atoms with Crippen LogP contribution in [0.5, 0.6) is 0 Å². The Morgan fingerprint density at radius 1 is 1.03 bits per heavy atom. The van der Waals surface area contributed by atoms with Crippen LogP contribution in [0.4, 0.5) is 4.79 Å². The lowest BCUT2D eigenvalue weighted by Crippen LogP contribution is -2.50. The van der Waals surface area contributed by atoms with E-state index in [0.717, 1.165) is 25.1 Å². The molecule has 160 valence electrons. The SMILES string of the molecule is CC(C)(C)OC(=O)N1CCN(Cc2ccccc2B2OC(C)(C)C(C)(C)O2)CC1. The Hall–Kier alpha value is -1.57. The van der Waals surface area contributed by atoms with Gasteiger partial charge in [0.15, 0.2) is 0 Å². The average Bonchev–Trinajstić information content (AvgIpc) is 2.82. The van der Waals surface area contributed by atoms with Gasteiger partial charge in [-0.25, -0.2) is 4.79 Å². The minimum atomic E-state index is -0.462. The Labute approximate surface area is 175 Å². The summed E-state index contributed by atoms with van der Waals surface area (Å²) in [6, 6.07) is 8.32. The molecule has 7 heteroatoms. The van der Waals surface area contributed by atoms with Gasteiger partial charge in [0.2, 0.25) is 0 Å². The number of ether oxygens (including phenoxy) is 1. The van der Waals surface area contributed by atoms with Crippen molar-refractivity contribution in [3.05, 3.63) is 29.8 Å². The van der Waals surface area contributed by atoms with E-state index in [1.165, 1.54) is 5.56 Å². The molecule has 0 saturated carbocycles. The van der Waals surface area contributed by atoms with Crippen LogP contribution in [0, 0.1) is 0 Å². The number of piperazine rings is 1. The number of benzene rings is 1. The number of amides is 1. The summed E-state index contributed by atoms with van der Waals surface area (Å²) in [4.78, 5) is 16.4. The highest BCUT2D eigenvalue weighted by molar-refractivity contribution is 6.62. The standard InChI is InChI=1S/C22H35BN2O4/c1-20(2,3)27-19(26)25-14-12-24(13-15-25)16-17-10-8-9-11-18(17)23-28-21(4,5)22(6,7)29-23/h8-11H,12-16H2,1-7H3. The Kier molecular flexibility index (Phi) is 6.05. The van der Waals surface area contributed by atoms with Crippen molar-refractivity contribution in [1.29, 1.82) is 0 Å². The molecule has 2 saturated heterocycles. The van der Waals surface area contributed by atoms with E-state index in [1.54, 1.807) is 4.90 Å². The molecule has 0 atom stereocenters. The molecular weight excluding hydrogens is 367 g/mol. The molecule has 2 aliphatic rings. The first-order valence-corrected chi connectivity index (χ1v) is 10.5. The summed E-state index contributed by atoms with van der Waals surface area (Å²) < 4.78 is 18.0. The first kappa shape index (κ1) is 22.1. The molecule has 29 heavy (non-hydrogen) atoms. The molecule has 1 aromatic carbocycles. The van der Waals surface area contributed by atoms with Gasteiger partial charge in [0, 0.05) is 32.7 Å². The maximum Gasteiger partial charge on any atom is 0.495 e. The highest BCUT2D eigenvalue weighted by Gasteiger charge is 2.52. The van der Waals surface area contributed by atoms with Gasteiger partial charge in [-0.1, -0.05) is 24.3 Å². The summed E-state index contributed by atoms with van der Waals surface area (Å²) in [6.07, 6.45) is -0.227. The number of carbonyl (C=O) groups is 1. The zero-order chi connectivity index (χ0) is 21.4. The van der Waals surface area contributed by atoms with E-state index < -0.39 is 5.60 Å². The van der Waals surface area contributed by atoms with E-state index in [9.17, 15) is 4.79 Å². The maximum absolute atomic E-state index is 12.3. The quantitative estimate of drug-likeness (QED) is 0.728. The van der Waals surface area contributed by atoms with Crippen LogP contribution in [0.15, 0.2) is 24.3 Å². The Morgan fingerprint density at radius 3 is 2.14 bits per heavy atom. The molecule has 0 spiro atoms. The van der Waals surface area contributed by atoms with E-state index in [4.69, 9.17) is 14.0 Å². The molecule has 2 heterocycles. The summed E-state index contributed by atoms with van der Waals surface area (Å²) in [7, 11) is -0.362. The van der Waals surface area contributed by atoms with Crippen molar-refractivity contribution >= 4 is 18.7 Å². The van der Waals surface area contributed by atoms with Gasteiger partial charge in [0.05, 0.1) is 11.2 Å². The Balaban J connectivity index is 1.62. The first-order valence-electron chi connectivity index (χ1n) is 10.5. The molecule has 0 unspecified atom stereocenters. The van der Waals surface area contributed by atoms with Gasteiger partial charge >= 0.3 is 13.2 Å². The number of rotatable bonds is 3. The summed E-state index contributed by atoms with van der Waals surface area (Å²) in [5, 5.41) is 0. The van der Waals surface area contributed by atoms with Crippen molar-refractivity contribution in [2.75, 3.05) is 26.2 Å². The van der Waals surface area contributed by atoms with Gasteiger partial charge in [-0.05, 0) is 59.5 Å². The molecule has 0 aliphatic carbocycles. The summed E-state index contributed by atoms with van der Waals surface area (Å²) >= 11 is 0. The molecule has 2 aliphatic heterocycles. The molecular formula is C22H35BN2O4.